The molecule has 0 heterocycles. The van der Waals surface area contributed by atoms with Gasteiger partial charge in [-0.15, -0.1) is 0 Å². The summed E-state index contributed by atoms with van der Waals surface area (Å²) < 4.78 is 0. The molecule has 0 spiro atoms. The molecule has 2 rings (SSSR count). The lowest BCUT2D eigenvalue weighted by molar-refractivity contribution is 0.0951. The summed E-state index contributed by atoms with van der Waals surface area (Å²) in [4.78, 5) is 12.0. The quantitative estimate of drug-likeness (QED) is 0.793. The highest BCUT2D eigenvalue weighted by Crippen LogP contribution is 2.20. The van der Waals surface area contributed by atoms with Gasteiger partial charge in [-0.25, -0.2) is 0 Å². The van der Waals surface area contributed by atoms with Crippen molar-refractivity contribution < 1.29 is 4.79 Å². The van der Waals surface area contributed by atoms with Crippen molar-refractivity contribution in [2.45, 2.75) is 58.5 Å². The standard InChI is InChI=1S/C17H26N2O/c1-12(2)7-8-13(3)18-16-6-4-5-14(11-16)17(20)19-15-9-10-15/h4-6,11-13,15,18H,7-10H2,1-3H3,(H,19,20). The summed E-state index contributed by atoms with van der Waals surface area (Å²) in [5, 5.41) is 6.51. The molecule has 3 nitrogen and oxygen atoms in total. The van der Waals surface area contributed by atoms with Crippen LogP contribution in [0.15, 0.2) is 24.3 Å². The Kier molecular flexibility index (Phi) is 5.05. The fraction of sp³-hybridized carbons (Fsp3) is 0.588. The molecule has 1 fully saturated rings. The number of anilines is 1. The molecule has 2 N–H and O–H groups in total. The van der Waals surface area contributed by atoms with Crippen LogP contribution < -0.4 is 10.6 Å². The maximum atomic E-state index is 12.0. The van der Waals surface area contributed by atoms with Gasteiger partial charge in [0.05, 0.1) is 0 Å². The zero-order chi connectivity index (χ0) is 14.5. The minimum absolute atomic E-state index is 0.0472. The Balaban J connectivity index is 1.89. The first kappa shape index (κ1) is 14.9. The Morgan fingerprint density at radius 1 is 1.25 bits per heavy atom. The predicted octanol–water partition coefficient (Wildman–Crippen LogP) is 3.82. The van der Waals surface area contributed by atoms with Crippen LogP contribution in [0.4, 0.5) is 5.69 Å². The highest BCUT2D eigenvalue weighted by molar-refractivity contribution is 5.95. The first-order valence-electron chi connectivity index (χ1n) is 7.72. The van der Waals surface area contributed by atoms with Gasteiger partial charge in [0, 0.05) is 23.3 Å². The van der Waals surface area contributed by atoms with E-state index in [9.17, 15) is 4.79 Å². The third-order valence-electron chi connectivity index (χ3n) is 3.63. The van der Waals surface area contributed by atoms with Crippen molar-refractivity contribution in [1.82, 2.24) is 5.32 Å². The van der Waals surface area contributed by atoms with Gasteiger partial charge in [0.1, 0.15) is 0 Å². The molecule has 0 aromatic heterocycles. The van der Waals surface area contributed by atoms with Crippen LogP contribution in [-0.4, -0.2) is 18.0 Å². The van der Waals surface area contributed by atoms with Crippen molar-refractivity contribution in [3.63, 3.8) is 0 Å². The first-order chi connectivity index (χ1) is 9.54. The lowest BCUT2D eigenvalue weighted by atomic mass is 10.0. The summed E-state index contributed by atoms with van der Waals surface area (Å²) in [5.74, 6) is 0.779. The minimum atomic E-state index is 0.0472. The van der Waals surface area contributed by atoms with Gasteiger partial charge in [0.15, 0.2) is 0 Å². The zero-order valence-electron chi connectivity index (χ0n) is 12.8. The van der Waals surface area contributed by atoms with Crippen molar-refractivity contribution in [3.8, 4) is 0 Å². The smallest absolute Gasteiger partial charge is 0.251 e. The number of hydrogen-bond donors (Lipinski definition) is 2. The lowest BCUT2D eigenvalue weighted by Gasteiger charge is -2.17. The van der Waals surface area contributed by atoms with E-state index in [1.54, 1.807) is 0 Å². The summed E-state index contributed by atoms with van der Waals surface area (Å²) in [5.41, 5.74) is 1.78. The van der Waals surface area contributed by atoms with Gasteiger partial charge in [-0.3, -0.25) is 4.79 Å². The molecule has 1 amide bonds. The second-order valence-electron chi connectivity index (χ2n) is 6.35. The van der Waals surface area contributed by atoms with E-state index in [2.05, 4.69) is 31.4 Å². The van der Waals surface area contributed by atoms with Crippen molar-refractivity contribution in [1.29, 1.82) is 0 Å². The molecule has 1 unspecified atom stereocenters. The summed E-state index contributed by atoms with van der Waals surface area (Å²) in [6.07, 6.45) is 4.61. The van der Waals surface area contributed by atoms with Gasteiger partial charge in [-0.1, -0.05) is 19.9 Å². The zero-order valence-corrected chi connectivity index (χ0v) is 12.8. The van der Waals surface area contributed by atoms with Crippen LogP contribution in [0.5, 0.6) is 0 Å². The number of carbonyl (C=O) groups excluding carboxylic acids is 1. The number of carbonyl (C=O) groups is 1. The second kappa shape index (κ2) is 6.78. The molecule has 0 radical (unpaired) electrons. The average Bonchev–Trinajstić information content (AvgIpc) is 3.20. The monoisotopic (exact) mass is 274 g/mol. The Bertz CT molecular complexity index is 452. The van der Waals surface area contributed by atoms with Crippen LogP contribution in [0.3, 0.4) is 0 Å². The number of hydrogen-bond acceptors (Lipinski definition) is 2. The van der Waals surface area contributed by atoms with E-state index in [0.717, 1.165) is 36.4 Å². The highest BCUT2D eigenvalue weighted by Gasteiger charge is 2.23. The minimum Gasteiger partial charge on any atom is -0.383 e. The maximum absolute atomic E-state index is 12.0. The Morgan fingerprint density at radius 3 is 2.65 bits per heavy atom. The average molecular weight is 274 g/mol. The van der Waals surface area contributed by atoms with Gasteiger partial charge in [-0.2, -0.15) is 0 Å². The van der Waals surface area contributed by atoms with E-state index in [1.807, 2.05) is 24.3 Å². The molecule has 1 aromatic carbocycles. The molecular weight excluding hydrogens is 248 g/mol. The molecule has 3 heteroatoms. The van der Waals surface area contributed by atoms with E-state index in [-0.39, 0.29) is 5.91 Å². The van der Waals surface area contributed by atoms with Gasteiger partial charge in [-0.05, 0) is 56.7 Å². The molecule has 0 saturated heterocycles. The molecule has 1 aromatic rings. The lowest BCUT2D eigenvalue weighted by Crippen LogP contribution is -2.25. The van der Waals surface area contributed by atoms with Crippen molar-refractivity contribution >= 4 is 11.6 Å². The maximum Gasteiger partial charge on any atom is 0.251 e. The van der Waals surface area contributed by atoms with Crippen LogP contribution in [0.2, 0.25) is 0 Å². The number of amides is 1. The highest BCUT2D eigenvalue weighted by atomic mass is 16.1. The Morgan fingerprint density at radius 2 is 2.00 bits per heavy atom. The second-order valence-corrected chi connectivity index (χ2v) is 6.35. The summed E-state index contributed by atoms with van der Waals surface area (Å²) >= 11 is 0. The largest absolute Gasteiger partial charge is 0.383 e. The van der Waals surface area contributed by atoms with Crippen molar-refractivity contribution in [2.24, 2.45) is 5.92 Å². The predicted molar refractivity (Wildman–Crippen MR) is 84.1 cm³/mol. The van der Waals surface area contributed by atoms with E-state index in [1.165, 1.54) is 6.42 Å². The normalized spacial score (nSPS) is 16.0. The number of benzene rings is 1. The van der Waals surface area contributed by atoms with Crippen LogP contribution in [0.1, 0.15) is 56.8 Å². The fourth-order valence-electron chi connectivity index (χ4n) is 2.19. The van der Waals surface area contributed by atoms with Crippen LogP contribution in [0.25, 0.3) is 0 Å². The topological polar surface area (TPSA) is 41.1 Å². The van der Waals surface area contributed by atoms with Crippen molar-refractivity contribution in [2.75, 3.05) is 5.32 Å². The van der Waals surface area contributed by atoms with E-state index in [4.69, 9.17) is 0 Å². The molecule has 1 aliphatic carbocycles. The van der Waals surface area contributed by atoms with Gasteiger partial charge < -0.3 is 10.6 Å². The number of rotatable bonds is 7. The molecule has 1 aliphatic rings. The molecule has 20 heavy (non-hydrogen) atoms. The Labute approximate surface area is 122 Å². The van der Waals surface area contributed by atoms with E-state index in [0.29, 0.717) is 12.1 Å². The summed E-state index contributed by atoms with van der Waals surface area (Å²) in [6.45, 7) is 6.68. The summed E-state index contributed by atoms with van der Waals surface area (Å²) in [7, 11) is 0. The molecular formula is C17H26N2O. The van der Waals surface area contributed by atoms with Gasteiger partial charge in [0.25, 0.3) is 5.91 Å². The van der Waals surface area contributed by atoms with Crippen LogP contribution >= 0.6 is 0 Å². The van der Waals surface area contributed by atoms with E-state index >= 15 is 0 Å². The van der Waals surface area contributed by atoms with Crippen LogP contribution in [0, 0.1) is 5.92 Å². The van der Waals surface area contributed by atoms with Crippen LogP contribution in [-0.2, 0) is 0 Å². The summed E-state index contributed by atoms with van der Waals surface area (Å²) in [6, 6.07) is 8.63. The number of nitrogens with one attached hydrogen (secondary N) is 2. The molecule has 1 saturated carbocycles. The van der Waals surface area contributed by atoms with Gasteiger partial charge in [0.2, 0.25) is 0 Å². The van der Waals surface area contributed by atoms with E-state index < -0.39 is 0 Å². The SMILES string of the molecule is CC(C)CCC(C)Nc1cccc(C(=O)NC2CC2)c1. The first-order valence-corrected chi connectivity index (χ1v) is 7.72. The third kappa shape index (κ3) is 4.87. The Hall–Kier alpha value is -1.51. The molecule has 0 aliphatic heterocycles. The third-order valence-corrected chi connectivity index (χ3v) is 3.63. The molecule has 0 bridgehead atoms. The van der Waals surface area contributed by atoms with Crippen molar-refractivity contribution in [3.05, 3.63) is 29.8 Å². The van der Waals surface area contributed by atoms with Gasteiger partial charge >= 0.3 is 0 Å². The molecule has 1 atom stereocenters. The molecule has 110 valence electrons. The fourth-order valence-corrected chi connectivity index (χ4v) is 2.19.